The fraction of sp³-hybridized carbons (Fsp3) is 0.208. The molecule has 0 bridgehead atoms. The van der Waals surface area contributed by atoms with Gasteiger partial charge in [0.25, 0.3) is 5.91 Å². The number of nitrogens with one attached hydrogen (secondary N) is 1. The van der Waals surface area contributed by atoms with E-state index in [-0.39, 0.29) is 5.91 Å². The van der Waals surface area contributed by atoms with Gasteiger partial charge in [-0.05, 0) is 68.8 Å². The first-order valence-corrected chi connectivity index (χ1v) is 9.86. The minimum Gasteiger partial charge on any atom is -0.493 e. The zero-order valence-electron chi connectivity index (χ0n) is 16.8. The first-order chi connectivity index (χ1) is 14.0. The summed E-state index contributed by atoms with van der Waals surface area (Å²) in [7, 11) is 0. The summed E-state index contributed by atoms with van der Waals surface area (Å²) in [6.07, 6.45) is 0. The van der Waals surface area contributed by atoms with E-state index in [4.69, 9.17) is 21.1 Å². The summed E-state index contributed by atoms with van der Waals surface area (Å²) in [4.78, 5) is 12.7. The second-order valence-corrected chi connectivity index (χ2v) is 7.18. The zero-order chi connectivity index (χ0) is 20.8. The van der Waals surface area contributed by atoms with Crippen LogP contribution in [0.4, 0.5) is 5.69 Å². The Morgan fingerprint density at radius 2 is 1.72 bits per heavy atom. The van der Waals surface area contributed by atoms with Crippen molar-refractivity contribution in [1.82, 2.24) is 0 Å². The Balaban J connectivity index is 1.78. The van der Waals surface area contributed by atoms with Crippen molar-refractivity contribution in [2.75, 3.05) is 11.9 Å². The predicted octanol–water partition coefficient (Wildman–Crippen LogP) is 6.19. The topological polar surface area (TPSA) is 47.6 Å². The Morgan fingerprint density at radius 1 is 0.966 bits per heavy atom. The van der Waals surface area contributed by atoms with E-state index in [1.54, 1.807) is 24.3 Å². The molecule has 1 N–H and O–H groups in total. The summed E-state index contributed by atoms with van der Waals surface area (Å²) in [5.41, 5.74) is 4.11. The van der Waals surface area contributed by atoms with Gasteiger partial charge in [-0.1, -0.05) is 35.4 Å². The molecule has 0 heterocycles. The van der Waals surface area contributed by atoms with Crippen LogP contribution in [0.25, 0.3) is 0 Å². The number of benzene rings is 3. The van der Waals surface area contributed by atoms with Crippen molar-refractivity contribution in [3.8, 4) is 11.5 Å². The van der Waals surface area contributed by atoms with Gasteiger partial charge in [0.1, 0.15) is 18.1 Å². The van der Waals surface area contributed by atoms with Gasteiger partial charge in [0.2, 0.25) is 0 Å². The molecular formula is C24H24ClNO3. The molecule has 0 aliphatic heterocycles. The normalized spacial score (nSPS) is 10.5. The number of anilines is 1. The highest BCUT2D eigenvalue weighted by Crippen LogP contribution is 2.25. The smallest absolute Gasteiger partial charge is 0.255 e. The van der Waals surface area contributed by atoms with Gasteiger partial charge in [0.05, 0.1) is 6.61 Å². The molecule has 1 amide bonds. The Kier molecular flexibility index (Phi) is 6.78. The maximum absolute atomic E-state index is 12.7. The van der Waals surface area contributed by atoms with Gasteiger partial charge in [-0.2, -0.15) is 0 Å². The fourth-order valence-electron chi connectivity index (χ4n) is 2.80. The Hall–Kier alpha value is -2.98. The first kappa shape index (κ1) is 20.7. The fourth-order valence-corrected chi connectivity index (χ4v) is 2.98. The summed E-state index contributed by atoms with van der Waals surface area (Å²) in [6, 6.07) is 18.6. The summed E-state index contributed by atoms with van der Waals surface area (Å²) >= 11 is 6.15. The standard InChI is InChI=1S/C24H24ClNO3/c1-4-28-23-12-8-18(24(27)26-20-9-7-17(3)22(25)14-20)13-19(23)15-29-21-10-5-16(2)6-11-21/h5-14H,4,15H2,1-3H3,(H,26,27). The Labute approximate surface area is 176 Å². The molecule has 3 rings (SSSR count). The van der Waals surface area contributed by atoms with E-state index in [1.807, 2.05) is 57.2 Å². The van der Waals surface area contributed by atoms with Gasteiger partial charge in [-0.3, -0.25) is 4.79 Å². The van der Waals surface area contributed by atoms with Crippen molar-refractivity contribution < 1.29 is 14.3 Å². The third-order valence-corrected chi connectivity index (χ3v) is 4.87. The van der Waals surface area contributed by atoms with Gasteiger partial charge >= 0.3 is 0 Å². The number of rotatable bonds is 7. The minimum absolute atomic E-state index is 0.218. The van der Waals surface area contributed by atoms with Crippen molar-refractivity contribution >= 4 is 23.2 Å². The quantitative estimate of drug-likeness (QED) is 0.506. The van der Waals surface area contributed by atoms with Gasteiger partial charge < -0.3 is 14.8 Å². The second-order valence-electron chi connectivity index (χ2n) is 6.78. The molecule has 5 heteroatoms. The second kappa shape index (κ2) is 9.48. The summed E-state index contributed by atoms with van der Waals surface area (Å²) < 4.78 is 11.6. The highest BCUT2D eigenvalue weighted by atomic mass is 35.5. The number of carbonyl (C=O) groups is 1. The van der Waals surface area contributed by atoms with E-state index in [0.717, 1.165) is 16.9 Å². The molecule has 0 saturated carbocycles. The van der Waals surface area contributed by atoms with Gasteiger partial charge in [-0.25, -0.2) is 0 Å². The van der Waals surface area contributed by atoms with Crippen LogP contribution in [0.5, 0.6) is 11.5 Å². The van der Waals surface area contributed by atoms with Crippen LogP contribution in [0.15, 0.2) is 60.7 Å². The predicted molar refractivity (Wildman–Crippen MR) is 117 cm³/mol. The van der Waals surface area contributed by atoms with E-state index in [0.29, 0.717) is 35.2 Å². The number of aryl methyl sites for hydroxylation is 2. The van der Waals surface area contributed by atoms with Crippen molar-refractivity contribution in [1.29, 1.82) is 0 Å². The summed E-state index contributed by atoms with van der Waals surface area (Å²) in [5, 5.41) is 3.49. The van der Waals surface area contributed by atoms with Crippen LogP contribution in [-0.4, -0.2) is 12.5 Å². The average Bonchev–Trinajstić information content (AvgIpc) is 2.71. The van der Waals surface area contributed by atoms with Crippen LogP contribution in [0.1, 0.15) is 34.0 Å². The minimum atomic E-state index is -0.218. The van der Waals surface area contributed by atoms with Crippen LogP contribution in [0.3, 0.4) is 0 Å². The van der Waals surface area contributed by atoms with Crippen LogP contribution in [-0.2, 0) is 6.61 Å². The Bertz CT molecular complexity index is 1000. The molecule has 0 atom stereocenters. The number of halogens is 1. The summed E-state index contributed by atoms with van der Waals surface area (Å²) in [5.74, 6) is 1.25. The van der Waals surface area contributed by atoms with E-state index < -0.39 is 0 Å². The molecule has 3 aromatic carbocycles. The SMILES string of the molecule is CCOc1ccc(C(=O)Nc2ccc(C)c(Cl)c2)cc1COc1ccc(C)cc1. The molecule has 3 aromatic rings. The lowest BCUT2D eigenvalue weighted by Gasteiger charge is -2.14. The highest BCUT2D eigenvalue weighted by Gasteiger charge is 2.12. The van der Waals surface area contributed by atoms with E-state index in [9.17, 15) is 4.79 Å². The van der Waals surface area contributed by atoms with Crippen molar-refractivity contribution in [2.45, 2.75) is 27.4 Å². The molecule has 0 aliphatic rings. The molecule has 29 heavy (non-hydrogen) atoms. The van der Waals surface area contributed by atoms with Gasteiger partial charge in [-0.15, -0.1) is 0 Å². The largest absolute Gasteiger partial charge is 0.493 e. The Morgan fingerprint density at radius 3 is 2.41 bits per heavy atom. The van der Waals surface area contributed by atoms with E-state index in [2.05, 4.69) is 5.32 Å². The highest BCUT2D eigenvalue weighted by molar-refractivity contribution is 6.31. The molecular weight excluding hydrogens is 386 g/mol. The van der Waals surface area contributed by atoms with Gasteiger partial charge in [0, 0.05) is 21.8 Å². The number of hydrogen-bond donors (Lipinski definition) is 1. The number of carbonyl (C=O) groups excluding carboxylic acids is 1. The van der Waals surface area contributed by atoms with Crippen molar-refractivity contribution in [2.24, 2.45) is 0 Å². The van der Waals surface area contributed by atoms with Gasteiger partial charge in [0.15, 0.2) is 0 Å². The molecule has 0 fully saturated rings. The lowest BCUT2D eigenvalue weighted by Crippen LogP contribution is -2.13. The molecule has 0 aliphatic carbocycles. The summed E-state index contributed by atoms with van der Waals surface area (Å²) in [6.45, 7) is 6.70. The number of hydrogen-bond acceptors (Lipinski definition) is 3. The van der Waals surface area contributed by atoms with E-state index >= 15 is 0 Å². The molecule has 0 unspecified atom stereocenters. The monoisotopic (exact) mass is 409 g/mol. The molecule has 0 spiro atoms. The lowest BCUT2D eigenvalue weighted by atomic mass is 10.1. The molecule has 0 saturated heterocycles. The molecule has 0 radical (unpaired) electrons. The number of amides is 1. The maximum Gasteiger partial charge on any atom is 0.255 e. The average molecular weight is 410 g/mol. The molecule has 4 nitrogen and oxygen atoms in total. The van der Waals surface area contributed by atoms with Crippen LogP contribution < -0.4 is 14.8 Å². The van der Waals surface area contributed by atoms with Crippen molar-refractivity contribution in [3.05, 3.63) is 87.9 Å². The number of ether oxygens (including phenoxy) is 2. The van der Waals surface area contributed by atoms with Crippen LogP contribution in [0.2, 0.25) is 5.02 Å². The lowest BCUT2D eigenvalue weighted by molar-refractivity contribution is 0.102. The first-order valence-electron chi connectivity index (χ1n) is 9.49. The third-order valence-electron chi connectivity index (χ3n) is 4.47. The van der Waals surface area contributed by atoms with Crippen LogP contribution >= 0.6 is 11.6 Å². The molecule has 150 valence electrons. The maximum atomic E-state index is 12.7. The zero-order valence-corrected chi connectivity index (χ0v) is 17.5. The van der Waals surface area contributed by atoms with E-state index in [1.165, 1.54) is 5.56 Å². The molecule has 0 aromatic heterocycles. The third kappa shape index (κ3) is 5.52. The van der Waals surface area contributed by atoms with Crippen molar-refractivity contribution in [3.63, 3.8) is 0 Å². The van der Waals surface area contributed by atoms with Crippen LogP contribution in [0, 0.1) is 13.8 Å².